The molecule has 7 heteroatoms. The summed E-state index contributed by atoms with van der Waals surface area (Å²) in [5, 5.41) is 22.3. The van der Waals surface area contributed by atoms with Gasteiger partial charge >= 0.3 is 0 Å². The molecule has 150 valence electrons. The van der Waals surface area contributed by atoms with Crippen molar-refractivity contribution >= 4 is 22.6 Å². The van der Waals surface area contributed by atoms with E-state index in [0.29, 0.717) is 17.3 Å². The molecular formula is C21H27N3O4. The molecule has 2 aromatic carbocycles. The van der Waals surface area contributed by atoms with Gasteiger partial charge in [0.25, 0.3) is 11.8 Å². The van der Waals surface area contributed by atoms with Crippen molar-refractivity contribution in [3.8, 4) is 5.75 Å². The van der Waals surface area contributed by atoms with Gasteiger partial charge in [0.2, 0.25) is 0 Å². The number of nitrogens with zero attached hydrogens (tertiary/aromatic N) is 1. The van der Waals surface area contributed by atoms with Gasteiger partial charge in [-0.2, -0.15) is 0 Å². The first-order valence-corrected chi connectivity index (χ1v) is 9.67. The Balaban J connectivity index is 1.71. The summed E-state index contributed by atoms with van der Waals surface area (Å²) in [6.07, 6.45) is 4.46. The maximum Gasteiger partial charge on any atom is 0.278 e. The molecule has 0 aromatic heterocycles. The van der Waals surface area contributed by atoms with E-state index in [1.165, 1.54) is 18.6 Å². The lowest BCUT2D eigenvalue weighted by molar-refractivity contribution is -0.138. The number of hydrogen-bond donors (Lipinski definition) is 4. The first-order valence-electron chi connectivity index (χ1n) is 9.67. The number of carbonyl (C=O) groups is 2. The molecule has 6 N–H and O–H groups in total. The largest absolute Gasteiger partial charge is 0.507 e. The van der Waals surface area contributed by atoms with E-state index in [-0.39, 0.29) is 11.3 Å². The summed E-state index contributed by atoms with van der Waals surface area (Å²) in [7, 11) is 0. The van der Waals surface area contributed by atoms with Crippen LogP contribution in [0.25, 0.3) is 10.8 Å². The number of imide groups is 1. The molecule has 28 heavy (non-hydrogen) atoms. The lowest BCUT2D eigenvalue weighted by Gasteiger charge is -2.28. The fraction of sp³-hybridized carbons (Fsp3) is 0.429. The third-order valence-corrected chi connectivity index (χ3v) is 5.54. The van der Waals surface area contributed by atoms with E-state index in [1.807, 2.05) is 6.07 Å². The molecule has 1 aliphatic carbocycles. The lowest BCUT2D eigenvalue weighted by atomic mass is 9.84. The third kappa shape index (κ3) is 4.32. The molecule has 0 spiro atoms. The van der Waals surface area contributed by atoms with E-state index < -0.39 is 24.0 Å². The van der Waals surface area contributed by atoms with Crippen molar-refractivity contribution < 1.29 is 19.8 Å². The van der Waals surface area contributed by atoms with Crippen molar-refractivity contribution in [2.24, 2.45) is 17.5 Å². The minimum absolute atomic E-state index is 0.109. The topological polar surface area (TPSA) is 130 Å². The van der Waals surface area contributed by atoms with E-state index in [4.69, 9.17) is 11.6 Å². The number of amides is 2. The van der Waals surface area contributed by atoms with Crippen LogP contribution in [0.4, 0.5) is 0 Å². The highest BCUT2D eigenvalue weighted by Gasteiger charge is 2.32. The first kappa shape index (κ1) is 20.3. The highest BCUT2D eigenvalue weighted by Crippen LogP contribution is 2.28. The second-order valence-corrected chi connectivity index (χ2v) is 7.58. The van der Waals surface area contributed by atoms with Gasteiger partial charge in [0, 0.05) is 6.04 Å². The molecule has 3 rings (SSSR count). The second-order valence-electron chi connectivity index (χ2n) is 7.58. The molecule has 2 atom stereocenters. The fourth-order valence-electron chi connectivity index (χ4n) is 3.89. The Labute approximate surface area is 163 Å². The minimum Gasteiger partial charge on any atom is -0.507 e. The van der Waals surface area contributed by atoms with Gasteiger partial charge in [0.15, 0.2) is 0 Å². The second kappa shape index (κ2) is 8.68. The maximum absolute atomic E-state index is 12.6. The number of hydrazine groups is 1. The molecule has 2 amide bonds. The van der Waals surface area contributed by atoms with E-state index >= 15 is 0 Å². The molecule has 0 radical (unpaired) electrons. The Morgan fingerprint density at radius 2 is 1.71 bits per heavy atom. The molecule has 1 fully saturated rings. The molecule has 0 aliphatic heterocycles. The molecule has 0 bridgehead atoms. The Kier molecular flexibility index (Phi) is 6.28. The summed E-state index contributed by atoms with van der Waals surface area (Å²) in [4.78, 5) is 25.1. The normalized spacial score (nSPS) is 17.2. The SMILES string of the molecule is N[C@H](CC1CCCCC1)[C@H](O)C(=O)N(N)C(=O)c1cc2ccccc2cc1O. The van der Waals surface area contributed by atoms with Gasteiger partial charge in [-0.15, -0.1) is 0 Å². The van der Waals surface area contributed by atoms with Crippen molar-refractivity contribution in [3.05, 3.63) is 42.0 Å². The zero-order valence-electron chi connectivity index (χ0n) is 15.8. The van der Waals surface area contributed by atoms with E-state index in [0.717, 1.165) is 36.5 Å². The number of benzene rings is 2. The lowest BCUT2D eigenvalue weighted by Crippen LogP contribution is -2.53. The average molecular weight is 385 g/mol. The summed E-state index contributed by atoms with van der Waals surface area (Å²) >= 11 is 0. The smallest absolute Gasteiger partial charge is 0.278 e. The Hall–Kier alpha value is -2.48. The Morgan fingerprint density at radius 1 is 1.11 bits per heavy atom. The van der Waals surface area contributed by atoms with Crippen molar-refractivity contribution in [1.29, 1.82) is 0 Å². The number of fused-ring (bicyclic) bond motifs is 1. The standard InChI is InChI=1S/C21H27N3O4/c22-17(10-13-6-2-1-3-7-13)19(26)21(28)24(23)20(27)16-11-14-8-4-5-9-15(14)12-18(16)25/h4-5,8-9,11-13,17,19,25-26H,1-3,6-7,10,22-23H2/t17-,19+/m1/s1. The number of aliphatic hydroxyl groups excluding tert-OH is 1. The quantitative estimate of drug-likeness (QED) is 0.354. The molecule has 1 saturated carbocycles. The van der Waals surface area contributed by atoms with Crippen LogP contribution in [0.3, 0.4) is 0 Å². The van der Waals surface area contributed by atoms with Crippen molar-refractivity contribution in [2.45, 2.75) is 50.7 Å². The Bertz CT molecular complexity index is 864. The van der Waals surface area contributed by atoms with Gasteiger partial charge in [-0.05, 0) is 35.2 Å². The summed E-state index contributed by atoms with van der Waals surface area (Å²) in [6, 6.07) is 9.30. The number of phenols is 1. The number of phenolic OH excluding ortho intramolecular Hbond substituents is 1. The van der Waals surface area contributed by atoms with Crippen LogP contribution in [-0.2, 0) is 4.79 Å². The molecule has 1 aliphatic rings. The first-order chi connectivity index (χ1) is 13.4. The minimum atomic E-state index is -1.57. The van der Waals surface area contributed by atoms with Gasteiger partial charge in [-0.25, -0.2) is 10.9 Å². The van der Waals surface area contributed by atoms with Crippen LogP contribution in [0.15, 0.2) is 36.4 Å². The number of aliphatic hydroxyl groups is 1. The van der Waals surface area contributed by atoms with Crippen LogP contribution in [-0.4, -0.2) is 39.2 Å². The van der Waals surface area contributed by atoms with E-state index in [1.54, 1.807) is 18.2 Å². The van der Waals surface area contributed by atoms with Gasteiger partial charge < -0.3 is 15.9 Å². The van der Waals surface area contributed by atoms with Crippen LogP contribution in [0.1, 0.15) is 48.9 Å². The number of nitrogens with two attached hydrogens (primary N) is 2. The van der Waals surface area contributed by atoms with E-state index in [9.17, 15) is 19.8 Å². The number of aromatic hydroxyl groups is 1. The number of hydrogen-bond acceptors (Lipinski definition) is 6. The van der Waals surface area contributed by atoms with Crippen LogP contribution in [0.5, 0.6) is 5.75 Å². The summed E-state index contributed by atoms with van der Waals surface area (Å²) < 4.78 is 0. The molecule has 0 saturated heterocycles. The average Bonchev–Trinajstić information content (AvgIpc) is 2.71. The maximum atomic E-state index is 12.6. The molecule has 0 heterocycles. The third-order valence-electron chi connectivity index (χ3n) is 5.54. The monoisotopic (exact) mass is 385 g/mol. The van der Waals surface area contributed by atoms with Gasteiger partial charge in [-0.3, -0.25) is 9.59 Å². The Morgan fingerprint density at radius 3 is 2.36 bits per heavy atom. The number of rotatable bonds is 5. The number of carbonyl (C=O) groups excluding carboxylic acids is 2. The van der Waals surface area contributed by atoms with Gasteiger partial charge in [0.05, 0.1) is 5.56 Å². The highest BCUT2D eigenvalue weighted by atomic mass is 16.3. The predicted octanol–water partition coefficient (Wildman–Crippen LogP) is 2.05. The van der Waals surface area contributed by atoms with Crippen LogP contribution in [0.2, 0.25) is 0 Å². The molecule has 2 aromatic rings. The predicted molar refractivity (Wildman–Crippen MR) is 106 cm³/mol. The highest BCUT2D eigenvalue weighted by molar-refractivity contribution is 6.08. The van der Waals surface area contributed by atoms with E-state index in [2.05, 4.69) is 0 Å². The zero-order valence-corrected chi connectivity index (χ0v) is 15.8. The molecule has 7 nitrogen and oxygen atoms in total. The zero-order chi connectivity index (χ0) is 20.3. The van der Waals surface area contributed by atoms with Crippen molar-refractivity contribution in [1.82, 2.24) is 5.01 Å². The van der Waals surface area contributed by atoms with Crippen LogP contribution < -0.4 is 11.6 Å². The fourth-order valence-corrected chi connectivity index (χ4v) is 3.89. The summed E-state index contributed by atoms with van der Waals surface area (Å²) in [5.74, 6) is 3.91. The van der Waals surface area contributed by atoms with Crippen molar-refractivity contribution in [3.63, 3.8) is 0 Å². The molecule has 0 unspecified atom stereocenters. The summed E-state index contributed by atoms with van der Waals surface area (Å²) in [6.45, 7) is 0. The van der Waals surface area contributed by atoms with Crippen molar-refractivity contribution in [2.75, 3.05) is 0 Å². The summed E-state index contributed by atoms with van der Waals surface area (Å²) in [5.41, 5.74) is 5.91. The van der Waals surface area contributed by atoms with Crippen LogP contribution in [0, 0.1) is 5.92 Å². The molecular weight excluding hydrogens is 358 g/mol. The van der Waals surface area contributed by atoms with Gasteiger partial charge in [0.1, 0.15) is 11.9 Å². The van der Waals surface area contributed by atoms with Gasteiger partial charge in [-0.1, -0.05) is 56.4 Å². The van der Waals surface area contributed by atoms with Crippen LogP contribution >= 0.6 is 0 Å².